The Balaban J connectivity index is 2.51. The molecule has 0 saturated heterocycles. The summed E-state index contributed by atoms with van der Waals surface area (Å²) >= 11 is 0. The lowest BCUT2D eigenvalue weighted by molar-refractivity contribution is -0.146. The molecule has 21 heavy (non-hydrogen) atoms. The van der Waals surface area contributed by atoms with E-state index in [1.165, 1.54) is 12.8 Å². The average Bonchev–Trinajstić information content (AvgIpc) is 2.92. The van der Waals surface area contributed by atoms with E-state index >= 15 is 0 Å². The van der Waals surface area contributed by atoms with Gasteiger partial charge >= 0.3 is 5.97 Å². The molecule has 0 aromatic rings. The minimum atomic E-state index is -0.816. The van der Waals surface area contributed by atoms with Gasteiger partial charge in [0, 0.05) is 6.54 Å². The van der Waals surface area contributed by atoms with Crippen LogP contribution in [0, 0.1) is 23.7 Å². The molecule has 1 aliphatic rings. The van der Waals surface area contributed by atoms with Gasteiger partial charge in [-0.25, -0.2) is 0 Å². The lowest BCUT2D eigenvalue weighted by Crippen LogP contribution is -2.37. The first-order valence-corrected chi connectivity index (χ1v) is 8.53. The number of carboxylic acids is 1. The maximum absolute atomic E-state index is 12.3. The molecule has 4 heteroatoms. The Morgan fingerprint density at radius 2 is 1.86 bits per heavy atom. The molecule has 0 bridgehead atoms. The molecule has 122 valence electrons. The van der Waals surface area contributed by atoms with Gasteiger partial charge in [-0.2, -0.15) is 0 Å². The first kappa shape index (κ1) is 18.0. The van der Waals surface area contributed by atoms with Gasteiger partial charge < -0.3 is 10.4 Å². The van der Waals surface area contributed by atoms with Gasteiger partial charge in [-0.05, 0) is 31.1 Å². The number of hydrogen-bond acceptors (Lipinski definition) is 2. The van der Waals surface area contributed by atoms with Crippen molar-refractivity contribution in [2.45, 2.75) is 65.7 Å². The highest BCUT2D eigenvalue weighted by Crippen LogP contribution is 2.38. The zero-order valence-corrected chi connectivity index (χ0v) is 13.7. The summed E-state index contributed by atoms with van der Waals surface area (Å²) in [5.41, 5.74) is 0. The highest BCUT2D eigenvalue weighted by atomic mass is 16.4. The Hall–Kier alpha value is -1.06. The fraction of sp³-hybridized carbons (Fsp3) is 0.882. The van der Waals surface area contributed by atoms with Crippen molar-refractivity contribution < 1.29 is 14.7 Å². The molecule has 2 unspecified atom stereocenters. The molecule has 1 aliphatic carbocycles. The van der Waals surface area contributed by atoms with Crippen molar-refractivity contribution in [1.82, 2.24) is 5.32 Å². The van der Waals surface area contributed by atoms with Gasteiger partial charge in [0.05, 0.1) is 11.8 Å². The van der Waals surface area contributed by atoms with Crippen LogP contribution in [-0.4, -0.2) is 23.5 Å². The summed E-state index contributed by atoms with van der Waals surface area (Å²) in [5.74, 6) is -0.802. The third-order valence-corrected chi connectivity index (χ3v) is 5.00. The number of carbonyl (C=O) groups excluding carboxylic acids is 1. The van der Waals surface area contributed by atoms with Crippen LogP contribution in [0.15, 0.2) is 0 Å². The fourth-order valence-electron chi connectivity index (χ4n) is 3.36. The number of unbranched alkanes of at least 4 members (excludes halogenated alkanes) is 1. The summed E-state index contributed by atoms with van der Waals surface area (Å²) in [7, 11) is 0. The highest BCUT2D eigenvalue weighted by molar-refractivity contribution is 5.85. The molecule has 4 atom stereocenters. The third-order valence-electron chi connectivity index (χ3n) is 5.00. The molecule has 1 rings (SSSR count). The van der Waals surface area contributed by atoms with E-state index in [4.69, 9.17) is 0 Å². The quantitative estimate of drug-likeness (QED) is 0.685. The predicted octanol–water partition coefficient (Wildman–Crippen LogP) is 3.46. The maximum atomic E-state index is 12.3. The van der Waals surface area contributed by atoms with Gasteiger partial charge in [-0.1, -0.05) is 46.5 Å². The van der Waals surface area contributed by atoms with Gasteiger partial charge in [0.15, 0.2) is 0 Å². The number of hydrogen-bond donors (Lipinski definition) is 2. The Morgan fingerprint density at radius 3 is 2.38 bits per heavy atom. The minimum absolute atomic E-state index is 0.0479. The van der Waals surface area contributed by atoms with E-state index in [2.05, 4.69) is 26.1 Å². The second-order valence-corrected chi connectivity index (χ2v) is 6.46. The molecule has 1 saturated carbocycles. The van der Waals surface area contributed by atoms with Gasteiger partial charge in [0.2, 0.25) is 5.91 Å². The van der Waals surface area contributed by atoms with Crippen LogP contribution in [0.5, 0.6) is 0 Å². The topological polar surface area (TPSA) is 66.4 Å². The van der Waals surface area contributed by atoms with Crippen LogP contribution in [-0.2, 0) is 9.59 Å². The Kier molecular flexibility index (Phi) is 7.76. The molecule has 4 nitrogen and oxygen atoms in total. The van der Waals surface area contributed by atoms with Crippen molar-refractivity contribution in [3.63, 3.8) is 0 Å². The van der Waals surface area contributed by atoms with Crippen molar-refractivity contribution in [2.24, 2.45) is 23.7 Å². The van der Waals surface area contributed by atoms with Crippen LogP contribution in [0.3, 0.4) is 0 Å². The van der Waals surface area contributed by atoms with Crippen LogP contribution in [0.2, 0.25) is 0 Å². The Bertz CT molecular complexity index is 343. The summed E-state index contributed by atoms with van der Waals surface area (Å²) in [6.07, 6.45) is 6.90. The third kappa shape index (κ3) is 5.33. The van der Waals surface area contributed by atoms with Crippen molar-refractivity contribution in [3.05, 3.63) is 0 Å². The van der Waals surface area contributed by atoms with Gasteiger partial charge in [0.1, 0.15) is 0 Å². The van der Waals surface area contributed by atoms with Crippen molar-refractivity contribution in [2.75, 3.05) is 6.54 Å². The second-order valence-electron chi connectivity index (χ2n) is 6.46. The first-order valence-electron chi connectivity index (χ1n) is 8.53. The lowest BCUT2D eigenvalue weighted by Gasteiger charge is -2.19. The second kappa shape index (κ2) is 9.06. The number of aliphatic carboxylic acids is 1. The standard InChI is InChI=1S/C17H31NO3/c1-4-7-8-12(5-2)11-18-16(19)14-9-13(6-3)10-15(14)17(20)21/h12-15H,4-11H2,1-3H3,(H,18,19)(H,20,21)/t12?,13?,14-,15+/m0/s1. The molecular weight excluding hydrogens is 266 g/mol. The highest BCUT2D eigenvalue weighted by Gasteiger charge is 2.41. The summed E-state index contributed by atoms with van der Waals surface area (Å²) in [4.78, 5) is 23.7. The fourth-order valence-corrected chi connectivity index (χ4v) is 3.36. The van der Waals surface area contributed by atoms with Crippen LogP contribution < -0.4 is 5.32 Å². The van der Waals surface area contributed by atoms with Gasteiger partial charge in [0.25, 0.3) is 0 Å². The Labute approximate surface area is 128 Å². The van der Waals surface area contributed by atoms with Crippen LogP contribution in [0.4, 0.5) is 0 Å². The van der Waals surface area contributed by atoms with Crippen molar-refractivity contribution in [1.29, 1.82) is 0 Å². The average molecular weight is 297 g/mol. The molecule has 0 aromatic carbocycles. The number of carboxylic acid groups (broad SMARTS) is 1. The molecule has 0 heterocycles. The number of amides is 1. The summed E-state index contributed by atoms with van der Waals surface area (Å²) in [5, 5.41) is 12.3. The molecule has 0 aliphatic heterocycles. The number of carbonyl (C=O) groups is 2. The predicted molar refractivity (Wildman–Crippen MR) is 83.9 cm³/mol. The van der Waals surface area contributed by atoms with E-state index in [-0.39, 0.29) is 11.8 Å². The zero-order chi connectivity index (χ0) is 15.8. The summed E-state index contributed by atoms with van der Waals surface area (Å²) in [6, 6.07) is 0. The SMILES string of the molecule is CCCCC(CC)CNC(=O)[C@H]1CC(CC)C[C@H]1C(=O)O. The molecule has 2 N–H and O–H groups in total. The number of rotatable bonds is 9. The molecule has 0 spiro atoms. The smallest absolute Gasteiger partial charge is 0.307 e. The molecule has 1 fully saturated rings. The van der Waals surface area contributed by atoms with Crippen molar-refractivity contribution in [3.8, 4) is 0 Å². The van der Waals surface area contributed by atoms with Crippen LogP contribution in [0.1, 0.15) is 65.7 Å². The Morgan fingerprint density at radius 1 is 1.19 bits per heavy atom. The maximum Gasteiger partial charge on any atom is 0.307 e. The van der Waals surface area contributed by atoms with Crippen molar-refractivity contribution >= 4 is 11.9 Å². The normalized spacial score (nSPS) is 26.5. The van der Waals surface area contributed by atoms with E-state index in [0.29, 0.717) is 24.8 Å². The van der Waals surface area contributed by atoms with E-state index in [0.717, 1.165) is 25.7 Å². The molecule has 0 radical (unpaired) electrons. The molecular formula is C17H31NO3. The summed E-state index contributed by atoms with van der Waals surface area (Å²) < 4.78 is 0. The van der Waals surface area contributed by atoms with E-state index in [1.54, 1.807) is 0 Å². The molecule has 1 amide bonds. The zero-order valence-electron chi connectivity index (χ0n) is 13.7. The van der Waals surface area contributed by atoms with E-state index < -0.39 is 11.9 Å². The van der Waals surface area contributed by atoms with Crippen LogP contribution >= 0.6 is 0 Å². The first-order chi connectivity index (χ1) is 10.0. The van der Waals surface area contributed by atoms with E-state index in [1.807, 2.05) is 0 Å². The number of nitrogens with one attached hydrogen (secondary N) is 1. The van der Waals surface area contributed by atoms with Gasteiger partial charge in [-0.3, -0.25) is 9.59 Å². The largest absolute Gasteiger partial charge is 0.481 e. The minimum Gasteiger partial charge on any atom is -0.481 e. The lowest BCUT2D eigenvalue weighted by atomic mass is 9.94. The van der Waals surface area contributed by atoms with E-state index in [9.17, 15) is 14.7 Å². The van der Waals surface area contributed by atoms with Crippen LogP contribution in [0.25, 0.3) is 0 Å². The molecule has 0 aromatic heterocycles. The summed E-state index contributed by atoms with van der Waals surface area (Å²) in [6.45, 7) is 7.08. The van der Waals surface area contributed by atoms with Gasteiger partial charge in [-0.15, -0.1) is 0 Å². The monoisotopic (exact) mass is 297 g/mol.